The first kappa shape index (κ1) is 12.1. The van der Waals surface area contributed by atoms with Crippen LogP contribution in [0.5, 0.6) is 0 Å². The Labute approximate surface area is 102 Å². The zero-order valence-electron chi connectivity index (χ0n) is 10.1. The van der Waals surface area contributed by atoms with Gasteiger partial charge in [-0.2, -0.15) is 0 Å². The van der Waals surface area contributed by atoms with E-state index in [9.17, 15) is 4.79 Å². The van der Waals surface area contributed by atoms with Gasteiger partial charge in [0.15, 0.2) is 0 Å². The molecule has 3 heteroatoms. The molecule has 1 saturated carbocycles. The highest BCUT2D eigenvalue weighted by Gasteiger charge is 2.32. The Kier molecular flexibility index (Phi) is 3.79. The molecule has 0 aliphatic heterocycles. The van der Waals surface area contributed by atoms with E-state index in [0.29, 0.717) is 12.3 Å². The Balaban J connectivity index is 2.02. The molecule has 0 spiro atoms. The van der Waals surface area contributed by atoms with E-state index >= 15 is 0 Å². The first-order chi connectivity index (χ1) is 8.22. The quantitative estimate of drug-likeness (QED) is 0.816. The Morgan fingerprint density at radius 1 is 1.47 bits per heavy atom. The lowest BCUT2D eigenvalue weighted by Gasteiger charge is -2.17. The van der Waals surface area contributed by atoms with Crippen LogP contribution in [0.2, 0.25) is 0 Å². The van der Waals surface area contributed by atoms with Crippen molar-refractivity contribution in [1.82, 2.24) is 5.32 Å². The van der Waals surface area contributed by atoms with E-state index in [2.05, 4.69) is 5.32 Å². The zero-order valence-corrected chi connectivity index (χ0v) is 10.1. The fourth-order valence-corrected chi connectivity index (χ4v) is 2.14. The maximum Gasteiger partial charge on any atom is 0.251 e. The Morgan fingerprint density at radius 3 is 2.76 bits per heavy atom. The third-order valence-electron chi connectivity index (χ3n) is 3.34. The molecule has 1 atom stereocenters. The minimum Gasteiger partial charge on any atom is -0.396 e. The van der Waals surface area contributed by atoms with Crippen LogP contribution in [0.1, 0.15) is 35.2 Å². The van der Waals surface area contributed by atoms with Crippen molar-refractivity contribution < 1.29 is 9.90 Å². The molecule has 0 aromatic heterocycles. The molecule has 1 amide bonds. The van der Waals surface area contributed by atoms with E-state index in [1.807, 2.05) is 31.2 Å². The first-order valence-electron chi connectivity index (χ1n) is 6.19. The summed E-state index contributed by atoms with van der Waals surface area (Å²) in [5.41, 5.74) is 1.72. The number of hydrogen-bond acceptors (Lipinski definition) is 2. The number of rotatable bonds is 5. The van der Waals surface area contributed by atoms with Gasteiger partial charge in [-0.1, -0.05) is 18.2 Å². The zero-order chi connectivity index (χ0) is 12.3. The lowest BCUT2D eigenvalue weighted by molar-refractivity contribution is 0.0923. The molecule has 2 rings (SSSR count). The van der Waals surface area contributed by atoms with Gasteiger partial charge in [0.2, 0.25) is 0 Å². The van der Waals surface area contributed by atoms with Gasteiger partial charge in [0.25, 0.3) is 5.91 Å². The van der Waals surface area contributed by atoms with Crippen LogP contribution in [-0.2, 0) is 0 Å². The summed E-state index contributed by atoms with van der Waals surface area (Å²) in [6.07, 6.45) is 2.99. The summed E-state index contributed by atoms with van der Waals surface area (Å²) in [4.78, 5) is 12.1. The molecule has 3 nitrogen and oxygen atoms in total. The summed E-state index contributed by atoms with van der Waals surface area (Å²) >= 11 is 0. The van der Waals surface area contributed by atoms with Crippen LogP contribution in [0, 0.1) is 12.8 Å². The minimum atomic E-state index is -0.0200. The molecular formula is C14H19NO2. The van der Waals surface area contributed by atoms with E-state index in [1.165, 1.54) is 12.8 Å². The van der Waals surface area contributed by atoms with E-state index < -0.39 is 0 Å². The predicted molar refractivity (Wildman–Crippen MR) is 66.9 cm³/mol. The summed E-state index contributed by atoms with van der Waals surface area (Å²) in [7, 11) is 0. The molecule has 1 fully saturated rings. The molecule has 1 aromatic carbocycles. The van der Waals surface area contributed by atoms with Gasteiger partial charge in [-0.3, -0.25) is 4.79 Å². The Hall–Kier alpha value is -1.35. The number of aliphatic hydroxyl groups excluding tert-OH is 1. The maximum atomic E-state index is 12.1. The SMILES string of the molecule is Cc1ccccc1C(=O)NC(CCO)C1CC1. The first-order valence-corrected chi connectivity index (χ1v) is 6.19. The number of hydrogen-bond donors (Lipinski definition) is 2. The van der Waals surface area contributed by atoms with Gasteiger partial charge in [-0.15, -0.1) is 0 Å². The molecular weight excluding hydrogens is 214 g/mol. The number of amides is 1. The smallest absolute Gasteiger partial charge is 0.251 e. The maximum absolute atomic E-state index is 12.1. The van der Waals surface area contributed by atoms with Gasteiger partial charge in [-0.05, 0) is 43.7 Å². The fraction of sp³-hybridized carbons (Fsp3) is 0.500. The van der Waals surface area contributed by atoms with E-state index in [4.69, 9.17) is 5.11 Å². The summed E-state index contributed by atoms with van der Waals surface area (Å²) in [6, 6.07) is 7.71. The van der Waals surface area contributed by atoms with Crippen molar-refractivity contribution in [3.63, 3.8) is 0 Å². The molecule has 0 heterocycles. The van der Waals surface area contributed by atoms with Gasteiger partial charge < -0.3 is 10.4 Å². The standard InChI is InChI=1S/C14H19NO2/c1-10-4-2-3-5-12(10)14(17)15-13(8-9-16)11-6-7-11/h2-5,11,13,16H,6-9H2,1H3,(H,15,17). The van der Waals surface area contributed by atoms with Crippen molar-refractivity contribution >= 4 is 5.91 Å². The fourth-order valence-electron chi connectivity index (χ4n) is 2.14. The van der Waals surface area contributed by atoms with Crippen LogP contribution < -0.4 is 5.32 Å². The van der Waals surface area contributed by atoms with Gasteiger partial charge in [-0.25, -0.2) is 0 Å². The van der Waals surface area contributed by atoms with Crippen molar-refractivity contribution in [2.45, 2.75) is 32.2 Å². The van der Waals surface area contributed by atoms with Crippen LogP contribution >= 0.6 is 0 Å². The van der Waals surface area contributed by atoms with Crippen LogP contribution in [0.3, 0.4) is 0 Å². The third-order valence-corrected chi connectivity index (χ3v) is 3.34. The van der Waals surface area contributed by atoms with Crippen molar-refractivity contribution in [3.05, 3.63) is 35.4 Å². The third kappa shape index (κ3) is 3.07. The highest BCUT2D eigenvalue weighted by atomic mass is 16.3. The summed E-state index contributed by atoms with van der Waals surface area (Å²) < 4.78 is 0. The molecule has 0 radical (unpaired) electrons. The molecule has 1 unspecified atom stereocenters. The summed E-state index contributed by atoms with van der Waals surface area (Å²) in [5.74, 6) is 0.545. The number of carbonyl (C=O) groups is 1. The second-order valence-electron chi connectivity index (χ2n) is 4.74. The molecule has 17 heavy (non-hydrogen) atoms. The van der Waals surface area contributed by atoms with Gasteiger partial charge in [0.1, 0.15) is 0 Å². The van der Waals surface area contributed by atoms with Crippen LogP contribution in [0.4, 0.5) is 0 Å². The molecule has 0 saturated heterocycles. The number of aryl methyl sites for hydroxylation is 1. The normalized spacial score (nSPS) is 16.6. The number of nitrogens with one attached hydrogen (secondary N) is 1. The molecule has 1 aromatic rings. The monoisotopic (exact) mass is 233 g/mol. The highest BCUT2D eigenvalue weighted by Crippen LogP contribution is 2.34. The topological polar surface area (TPSA) is 49.3 Å². The van der Waals surface area contributed by atoms with Gasteiger partial charge in [0, 0.05) is 18.2 Å². The number of benzene rings is 1. The average molecular weight is 233 g/mol. The Morgan fingerprint density at radius 2 is 2.18 bits per heavy atom. The van der Waals surface area contributed by atoms with Crippen molar-refractivity contribution in [2.24, 2.45) is 5.92 Å². The highest BCUT2D eigenvalue weighted by molar-refractivity contribution is 5.95. The molecule has 92 valence electrons. The predicted octanol–water partition coefficient (Wildman–Crippen LogP) is 1.89. The van der Waals surface area contributed by atoms with Crippen molar-refractivity contribution in [3.8, 4) is 0 Å². The summed E-state index contributed by atoms with van der Waals surface area (Å²) in [5, 5.41) is 12.0. The number of carbonyl (C=O) groups excluding carboxylic acids is 1. The number of aliphatic hydroxyl groups is 1. The van der Waals surface area contributed by atoms with Gasteiger partial charge in [0.05, 0.1) is 0 Å². The second kappa shape index (κ2) is 5.32. The molecule has 0 bridgehead atoms. The van der Waals surface area contributed by atoms with Crippen LogP contribution in [0.25, 0.3) is 0 Å². The minimum absolute atomic E-state index is 0.0200. The largest absolute Gasteiger partial charge is 0.396 e. The molecule has 1 aliphatic rings. The van der Waals surface area contributed by atoms with Crippen molar-refractivity contribution in [2.75, 3.05) is 6.61 Å². The van der Waals surface area contributed by atoms with Crippen molar-refractivity contribution in [1.29, 1.82) is 0 Å². The molecule has 2 N–H and O–H groups in total. The Bertz CT molecular complexity index is 399. The van der Waals surface area contributed by atoms with E-state index in [-0.39, 0.29) is 18.6 Å². The van der Waals surface area contributed by atoms with E-state index in [0.717, 1.165) is 11.1 Å². The molecule has 1 aliphatic carbocycles. The van der Waals surface area contributed by atoms with Crippen LogP contribution in [0.15, 0.2) is 24.3 Å². The summed E-state index contributed by atoms with van der Waals surface area (Å²) in [6.45, 7) is 2.07. The van der Waals surface area contributed by atoms with Gasteiger partial charge >= 0.3 is 0 Å². The van der Waals surface area contributed by atoms with Crippen LogP contribution in [-0.4, -0.2) is 23.7 Å². The average Bonchev–Trinajstić information content (AvgIpc) is 3.12. The second-order valence-corrected chi connectivity index (χ2v) is 4.74. The lowest BCUT2D eigenvalue weighted by atomic mass is 10.1. The van der Waals surface area contributed by atoms with E-state index in [1.54, 1.807) is 0 Å². The lowest BCUT2D eigenvalue weighted by Crippen LogP contribution is -2.37.